The molecule has 1 fully saturated rings. The van der Waals surface area contributed by atoms with Gasteiger partial charge in [0.1, 0.15) is 11.6 Å². The number of hydrogen-bond acceptors (Lipinski definition) is 6. The van der Waals surface area contributed by atoms with Crippen LogP contribution in [0.15, 0.2) is 28.8 Å². The lowest BCUT2D eigenvalue weighted by atomic mass is 9.91. The highest BCUT2D eigenvalue weighted by Crippen LogP contribution is 2.41. The van der Waals surface area contributed by atoms with E-state index in [1.165, 1.54) is 0 Å². The van der Waals surface area contributed by atoms with Crippen molar-refractivity contribution in [3.05, 3.63) is 47.0 Å². The van der Waals surface area contributed by atoms with Gasteiger partial charge < -0.3 is 19.5 Å². The number of anilines is 1. The van der Waals surface area contributed by atoms with Crippen molar-refractivity contribution in [1.29, 1.82) is 0 Å². The van der Waals surface area contributed by atoms with Crippen molar-refractivity contribution in [3.8, 4) is 11.5 Å². The summed E-state index contributed by atoms with van der Waals surface area (Å²) in [7, 11) is 0. The van der Waals surface area contributed by atoms with Gasteiger partial charge in [-0.25, -0.2) is 0 Å². The zero-order valence-corrected chi connectivity index (χ0v) is 20.8. The summed E-state index contributed by atoms with van der Waals surface area (Å²) in [6, 6.07) is 8.17. The lowest BCUT2D eigenvalue weighted by molar-refractivity contribution is -0.116. The van der Waals surface area contributed by atoms with Gasteiger partial charge >= 0.3 is 0 Å². The van der Waals surface area contributed by atoms with Gasteiger partial charge in [0, 0.05) is 43.2 Å². The van der Waals surface area contributed by atoms with Crippen molar-refractivity contribution in [3.63, 3.8) is 0 Å². The van der Waals surface area contributed by atoms with Crippen molar-refractivity contribution in [2.24, 2.45) is 5.41 Å². The van der Waals surface area contributed by atoms with E-state index < -0.39 is 0 Å². The maximum Gasteiger partial charge on any atom is 0.225 e. The Kier molecular flexibility index (Phi) is 6.89. The molecule has 2 N–H and O–H groups in total. The van der Waals surface area contributed by atoms with Gasteiger partial charge in [-0.2, -0.15) is 0 Å². The molecule has 8 nitrogen and oxygen atoms in total. The number of benzene rings is 1. The van der Waals surface area contributed by atoms with Crippen LogP contribution in [0.4, 0.5) is 5.69 Å². The molecule has 1 amide bonds. The second-order valence-electron chi connectivity index (χ2n) is 10.7. The minimum atomic E-state index is -0.251. The summed E-state index contributed by atoms with van der Waals surface area (Å²) in [5.41, 5.74) is 3.72. The van der Waals surface area contributed by atoms with Crippen LogP contribution in [0.3, 0.4) is 0 Å². The Bertz CT molecular complexity index is 1150. The molecule has 182 valence electrons. The summed E-state index contributed by atoms with van der Waals surface area (Å²) in [6.07, 6.45) is 3.49. The van der Waals surface area contributed by atoms with Crippen molar-refractivity contribution in [2.75, 3.05) is 11.9 Å². The summed E-state index contributed by atoms with van der Waals surface area (Å²) in [6.45, 7) is 10.4. The molecule has 1 aromatic carbocycles. The standard InChI is InChI=1S/C26H35N5O3/c1-16-6-9-21(17(2)12-16)27-23(33)13-18(10-11-32)24-28-29-25(31(24)19-7-8-19)22-14-20(34-30-22)15-26(3,4)5/h6,9,12,14,18-19,32H,7-8,10-11,13,15H2,1-5H3,(H,27,33)/t18-/m0/s1. The van der Waals surface area contributed by atoms with Crippen LogP contribution in [0.5, 0.6) is 0 Å². The Labute approximate surface area is 200 Å². The largest absolute Gasteiger partial charge is 0.396 e. The van der Waals surface area contributed by atoms with Gasteiger partial charge in [-0.15, -0.1) is 10.2 Å². The molecule has 2 heterocycles. The number of nitrogens with one attached hydrogen (secondary N) is 1. The first-order valence-corrected chi connectivity index (χ1v) is 12.0. The number of hydrogen-bond donors (Lipinski definition) is 2. The molecule has 34 heavy (non-hydrogen) atoms. The molecule has 1 saturated carbocycles. The summed E-state index contributed by atoms with van der Waals surface area (Å²) < 4.78 is 7.68. The Hall–Kier alpha value is -3.00. The topological polar surface area (TPSA) is 106 Å². The predicted molar refractivity (Wildman–Crippen MR) is 131 cm³/mol. The number of rotatable bonds is 9. The second kappa shape index (κ2) is 9.70. The van der Waals surface area contributed by atoms with Crippen molar-refractivity contribution in [1.82, 2.24) is 19.9 Å². The molecule has 0 unspecified atom stereocenters. The minimum Gasteiger partial charge on any atom is -0.396 e. The van der Waals surface area contributed by atoms with E-state index in [1.54, 1.807) is 0 Å². The van der Waals surface area contributed by atoms with Gasteiger partial charge in [0.15, 0.2) is 11.5 Å². The molecule has 0 bridgehead atoms. The number of carbonyl (C=O) groups is 1. The fraction of sp³-hybridized carbons (Fsp3) is 0.538. The molecular formula is C26H35N5O3. The summed E-state index contributed by atoms with van der Waals surface area (Å²) >= 11 is 0. The first-order chi connectivity index (χ1) is 16.1. The molecule has 1 aliphatic carbocycles. The normalized spacial score (nSPS) is 14.9. The molecule has 0 aliphatic heterocycles. The van der Waals surface area contributed by atoms with Crippen molar-refractivity contribution >= 4 is 11.6 Å². The maximum atomic E-state index is 12.9. The first-order valence-electron chi connectivity index (χ1n) is 12.0. The van der Waals surface area contributed by atoms with E-state index in [9.17, 15) is 9.90 Å². The zero-order chi connectivity index (χ0) is 24.5. The highest BCUT2D eigenvalue weighted by molar-refractivity contribution is 5.92. The number of aromatic nitrogens is 4. The monoisotopic (exact) mass is 465 g/mol. The van der Waals surface area contributed by atoms with Gasteiger partial charge in [0.05, 0.1) is 0 Å². The average Bonchev–Trinajstić information content (AvgIpc) is 3.32. The van der Waals surface area contributed by atoms with Gasteiger partial charge in [-0.05, 0) is 50.2 Å². The predicted octanol–water partition coefficient (Wildman–Crippen LogP) is 4.97. The molecule has 0 saturated heterocycles. The smallest absolute Gasteiger partial charge is 0.225 e. The number of carbonyl (C=O) groups excluding carboxylic acids is 1. The highest BCUT2D eigenvalue weighted by Gasteiger charge is 2.34. The van der Waals surface area contributed by atoms with Crippen LogP contribution in [-0.2, 0) is 11.2 Å². The van der Waals surface area contributed by atoms with Crippen LogP contribution >= 0.6 is 0 Å². The third-order valence-electron chi connectivity index (χ3n) is 6.06. The molecule has 2 aromatic heterocycles. The van der Waals surface area contributed by atoms with Crippen molar-refractivity contribution < 1.29 is 14.4 Å². The molecule has 3 aromatic rings. The average molecular weight is 466 g/mol. The number of aryl methyl sites for hydroxylation is 2. The van der Waals surface area contributed by atoms with E-state index in [0.29, 0.717) is 17.9 Å². The van der Waals surface area contributed by atoms with E-state index >= 15 is 0 Å². The SMILES string of the molecule is Cc1ccc(NC(=O)C[C@H](CCO)c2nnc(-c3cc(CC(C)(C)C)on3)n2C2CC2)c(C)c1. The summed E-state index contributed by atoms with van der Waals surface area (Å²) in [5, 5.41) is 26.0. The van der Waals surface area contributed by atoms with Gasteiger partial charge in [0.2, 0.25) is 5.91 Å². The number of nitrogens with zero attached hydrogens (tertiary/aromatic N) is 4. The van der Waals surface area contributed by atoms with Crippen LogP contribution < -0.4 is 5.32 Å². The minimum absolute atomic E-state index is 0.0337. The number of aliphatic hydroxyl groups is 1. The number of aliphatic hydroxyl groups excluding tert-OH is 1. The summed E-state index contributed by atoms with van der Waals surface area (Å²) in [4.78, 5) is 12.9. The van der Waals surface area contributed by atoms with Gasteiger partial charge in [-0.1, -0.05) is 43.6 Å². The Balaban J connectivity index is 1.57. The Morgan fingerprint density at radius 3 is 2.65 bits per heavy atom. The van der Waals surface area contributed by atoms with Crippen molar-refractivity contribution in [2.45, 2.75) is 78.7 Å². The lowest BCUT2D eigenvalue weighted by Gasteiger charge is -2.17. The fourth-order valence-corrected chi connectivity index (χ4v) is 4.33. The highest BCUT2D eigenvalue weighted by atomic mass is 16.5. The first kappa shape index (κ1) is 24.1. The van der Waals surface area contributed by atoms with Gasteiger partial charge in [0.25, 0.3) is 0 Å². The van der Waals surface area contributed by atoms with E-state index in [2.05, 4.69) is 46.0 Å². The maximum absolute atomic E-state index is 12.9. The zero-order valence-electron chi connectivity index (χ0n) is 20.8. The van der Waals surface area contributed by atoms with Crippen LogP contribution in [0.2, 0.25) is 0 Å². The molecule has 4 rings (SSSR count). The van der Waals surface area contributed by atoms with E-state index in [-0.39, 0.29) is 36.3 Å². The van der Waals surface area contributed by atoms with Crippen LogP contribution in [-0.4, -0.2) is 37.5 Å². The lowest BCUT2D eigenvalue weighted by Crippen LogP contribution is -2.19. The number of amides is 1. The van der Waals surface area contributed by atoms with E-state index in [0.717, 1.165) is 47.7 Å². The fourth-order valence-electron chi connectivity index (χ4n) is 4.33. The van der Waals surface area contributed by atoms with E-state index in [1.807, 2.05) is 38.1 Å². The molecule has 0 spiro atoms. The molecule has 0 radical (unpaired) electrons. The van der Waals surface area contributed by atoms with Crippen LogP contribution in [0.25, 0.3) is 11.5 Å². The van der Waals surface area contributed by atoms with Crippen LogP contribution in [0.1, 0.15) is 81.1 Å². The molecule has 1 atom stereocenters. The molecule has 8 heteroatoms. The Morgan fingerprint density at radius 2 is 2.00 bits per heavy atom. The second-order valence-corrected chi connectivity index (χ2v) is 10.7. The molecular weight excluding hydrogens is 430 g/mol. The Morgan fingerprint density at radius 1 is 1.24 bits per heavy atom. The quantitative estimate of drug-likeness (QED) is 0.462. The molecule has 1 aliphatic rings. The van der Waals surface area contributed by atoms with Gasteiger partial charge in [-0.3, -0.25) is 4.79 Å². The summed E-state index contributed by atoms with van der Waals surface area (Å²) in [5.74, 6) is 1.85. The third-order valence-corrected chi connectivity index (χ3v) is 6.06. The third kappa shape index (κ3) is 5.73. The van der Waals surface area contributed by atoms with Crippen LogP contribution in [0, 0.1) is 19.3 Å². The van der Waals surface area contributed by atoms with E-state index in [4.69, 9.17) is 4.52 Å².